The summed E-state index contributed by atoms with van der Waals surface area (Å²) in [5.41, 5.74) is 9.55. The van der Waals surface area contributed by atoms with Crippen molar-refractivity contribution >= 4 is 28.6 Å². The maximum atomic E-state index is 12.5. The molecule has 0 fully saturated rings. The molecule has 0 spiro atoms. The number of amides is 1. The van der Waals surface area contributed by atoms with E-state index in [1.54, 1.807) is 11.3 Å². The molecule has 1 aromatic carbocycles. The highest BCUT2D eigenvalue weighted by atomic mass is 32.1. The average molecular weight is 286 g/mol. The molecule has 1 aliphatic rings. The van der Waals surface area contributed by atoms with E-state index < -0.39 is 0 Å². The first-order chi connectivity index (χ1) is 9.66. The molecule has 1 amide bonds. The van der Waals surface area contributed by atoms with Crippen molar-refractivity contribution in [1.29, 1.82) is 0 Å². The first-order valence-electron chi connectivity index (χ1n) is 6.89. The van der Waals surface area contributed by atoms with Crippen LogP contribution in [0.2, 0.25) is 0 Å². The van der Waals surface area contributed by atoms with Crippen LogP contribution in [-0.4, -0.2) is 5.91 Å². The monoisotopic (exact) mass is 286 g/mol. The topological polar surface area (TPSA) is 55.1 Å². The van der Waals surface area contributed by atoms with Gasteiger partial charge in [0.05, 0.1) is 5.92 Å². The number of nitrogens with one attached hydrogen (secondary N) is 1. The van der Waals surface area contributed by atoms with Gasteiger partial charge in [-0.25, -0.2) is 0 Å². The molecule has 1 aliphatic carbocycles. The maximum Gasteiger partial charge on any atom is 0.231 e. The quantitative estimate of drug-likeness (QED) is 0.827. The van der Waals surface area contributed by atoms with Crippen LogP contribution in [0.1, 0.15) is 34.8 Å². The van der Waals surface area contributed by atoms with Gasteiger partial charge in [-0.1, -0.05) is 6.07 Å². The lowest BCUT2D eigenvalue weighted by Crippen LogP contribution is -2.24. The van der Waals surface area contributed by atoms with E-state index in [2.05, 4.69) is 16.8 Å². The van der Waals surface area contributed by atoms with E-state index in [0.717, 1.165) is 30.5 Å². The second kappa shape index (κ2) is 5.29. The SMILES string of the molecule is Cc1c(N)cccc1NC(=O)C1CCCc2sccc21. The molecular formula is C16H18N2OS. The molecule has 3 N–H and O–H groups in total. The molecule has 0 saturated heterocycles. The van der Waals surface area contributed by atoms with Gasteiger partial charge in [0.2, 0.25) is 5.91 Å². The van der Waals surface area contributed by atoms with Gasteiger partial charge in [0.25, 0.3) is 0 Å². The zero-order valence-electron chi connectivity index (χ0n) is 11.5. The molecule has 0 aliphatic heterocycles. The highest BCUT2D eigenvalue weighted by Crippen LogP contribution is 2.36. The second-order valence-corrected chi connectivity index (χ2v) is 6.25. The van der Waals surface area contributed by atoms with E-state index in [1.807, 2.05) is 25.1 Å². The predicted octanol–water partition coefficient (Wildman–Crippen LogP) is 3.70. The smallest absolute Gasteiger partial charge is 0.231 e. The molecule has 3 nitrogen and oxygen atoms in total. The Bertz CT molecular complexity index is 648. The number of carbonyl (C=O) groups excluding carboxylic acids is 1. The van der Waals surface area contributed by atoms with Crippen LogP contribution in [-0.2, 0) is 11.2 Å². The lowest BCUT2D eigenvalue weighted by atomic mass is 9.87. The highest BCUT2D eigenvalue weighted by Gasteiger charge is 2.27. The number of hydrogen-bond acceptors (Lipinski definition) is 3. The van der Waals surface area contributed by atoms with Crippen LogP contribution < -0.4 is 11.1 Å². The molecule has 1 aromatic heterocycles. The summed E-state index contributed by atoms with van der Waals surface area (Å²) in [4.78, 5) is 13.9. The molecule has 1 unspecified atom stereocenters. The number of aryl methyl sites for hydroxylation is 1. The lowest BCUT2D eigenvalue weighted by Gasteiger charge is -2.22. The van der Waals surface area contributed by atoms with Crippen LogP contribution in [0.5, 0.6) is 0 Å². The Morgan fingerprint density at radius 1 is 1.40 bits per heavy atom. The highest BCUT2D eigenvalue weighted by molar-refractivity contribution is 7.10. The fourth-order valence-corrected chi connectivity index (χ4v) is 3.76. The lowest BCUT2D eigenvalue weighted by molar-refractivity contribution is -0.117. The van der Waals surface area contributed by atoms with Gasteiger partial charge in [-0.3, -0.25) is 4.79 Å². The normalized spacial score (nSPS) is 17.6. The van der Waals surface area contributed by atoms with Crippen molar-refractivity contribution in [3.05, 3.63) is 45.6 Å². The van der Waals surface area contributed by atoms with Gasteiger partial charge in [-0.05, 0) is 60.9 Å². The third-order valence-electron chi connectivity index (χ3n) is 4.00. The number of carbonyl (C=O) groups is 1. The van der Waals surface area contributed by atoms with Gasteiger partial charge < -0.3 is 11.1 Å². The van der Waals surface area contributed by atoms with E-state index in [4.69, 9.17) is 5.73 Å². The van der Waals surface area contributed by atoms with Crippen LogP contribution in [0.3, 0.4) is 0 Å². The Morgan fingerprint density at radius 3 is 3.10 bits per heavy atom. The molecule has 0 radical (unpaired) electrons. The number of nitrogens with two attached hydrogens (primary N) is 1. The Morgan fingerprint density at radius 2 is 2.25 bits per heavy atom. The zero-order valence-corrected chi connectivity index (χ0v) is 12.3. The van der Waals surface area contributed by atoms with Crippen LogP contribution >= 0.6 is 11.3 Å². The number of fused-ring (bicyclic) bond motifs is 1. The van der Waals surface area contributed by atoms with Crippen molar-refractivity contribution in [2.45, 2.75) is 32.1 Å². The molecule has 1 atom stereocenters. The second-order valence-electron chi connectivity index (χ2n) is 5.25. The zero-order chi connectivity index (χ0) is 14.1. The van der Waals surface area contributed by atoms with E-state index >= 15 is 0 Å². The van der Waals surface area contributed by atoms with Crippen molar-refractivity contribution in [3.63, 3.8) is 0 Å². The molecular weight excluding hydrogens is 268 g/mol. The minimum absolute atomic E-state index is 0.0224. The van der Waals surface area contributed by atoms with Gasteiger partial charge in [0.15, 0.2) is 0 Å². The summed E-state index contributed by atoms with van der Waals surface area (Å²) in [5.74, 6) is 0.0591. The molecule has 4 heteroatoms. The molecule has 104 valence electrons. The third-order valence-corrected chi connectivity index (χ3v) is 5.00. The van der Waals surface area contributed by atoms with E-state index in [0.29, 0.717) is 5.69 Å². The van der Waals surface area contributed by atoms with Gasteiger partial charge in [0.1, 0.15) is 0 Å². The summed E-state index contributed by atoms with van der Waals surface area (Å²) in [6, 6.07) is 7.72. The van der Waals surface area contributed by atoms with Crippen molar-refractivity contribution in [2.75, 3.05) is 11.1 Å². The number of benzene rings is 1. The minimum atomic E-state index is -0.0224. The Labute approximate surface area is 122 Å². The number of anilines is 2. The van der Waals surface area contributed by atoms with Crippen molar-refractivity contribution in [2.24, 2.45) is 0 Å². The van der Waals surface area contributed by atoms with Crippen molar-refractivity contribution in [3.8, 4) is 0 Å². The molecule has 0 saturated carbocycles. The summed E-state index contributed by atoms with van der Waals surface area (Å²) < 4.78 is 0. The predicted molar refractivity (Wildman–Crippen MR) is 84.2 cm³/mol. The summed E-state index contributed by atoms with van der Waals surface area (Å²) in [7, 11) is 0. The largest absolute Gasteiger partial charge is 0.398 e. The molecule has 20 heavy (non-hydrogen) atoms. The fraction of sp³-hybridized carbons (Fsp3) is 0.312. The molecule has 0 bridgehead atoms. The minimum Gasteiger partial charge on any atom is -0.398 e. The summed E-state index contributed by atoms with van der Waals surface area (Å²) in [6.45, 7) is 1.93. The standard InChI is InChI=1S/C16H18N2OS/c1-10-13(17)5-3-6-14(10)18-16(19)12-4-2-7-15-11(12)8-9-20-15/h3,5-6,8-9,12H,2,4,7,17H2,1H3,(H,18,19). The van der Waals surface area contributed by atoms with Crippen LogP contribution in [0, 0.1) is 6.92 Å². The number of thiophene rings is 1. The van der Waals surface area contributed by atoms with Gasteiger partial charge in [-0.2, -0.15) is 0 Å². The van der Waals surface area contributed by atoms with Crippen molar-refractivity contribution in [1.82, 2.24) is 0 Å². The van der Waals surface area contributed by atoms with Crippen molar-refractivity contribution < 1.29 is 4.79 Å². The third kappa shape index (κ3) is 2.31. The van der Waals surface area contributed by atoms with Crippen LogP contribution in [0.15, 0.2) is 29.6 Å². The summed E-state index contributed by atoms with van der Waals surface area (Å²) >= 11 is 1.76. The molecule has 2 aromatic rings. The summed E-state index contributed by atoms with van der Waals surface area (Å²) in [6.07, 6.45) is 3.12. The van der Waals surface area contributed by atoms with Gasteiger partial charge in [-0.15, -0.1) is 11.3 Å². The van der Waals surface area contributed by atoms with Crippen LogP contribution in [0.4, 0.5) is 11.4 Å². The maximum absolute atomic E-state index is 12.5. The Balaban J connectivity index is 1.83. The van der Waals surface area contributed by atoms with Crippen LogP contribution in [0.25, 0.3) is 0 Å². The van der Waals surface area contributed by atoms with Gasteiger partial charge in [0, 0.05) is 16.3 Å². The number of nitrogen functional groups attached to an aromatic ring is 1. The van der Waals surface area contributed by atoms with E-state index in [-0.39, 0.29) is 11.8 Å². The first-order valence-corrected chi connectivity index (χ1v) is 7.77. The number of hydrogen-bond donors (Lipinski definition) is 2. The molecule has 3 rings (SSSR count). The van der Waals surface area contributed by atoms with E-state index in [1.165, 1.54) is 10.4 Å². The number of rotatable bonds is 2. The Hall–Kier alpha value is -1.81. The van der Waals surface area contributed by atoms with E-state index in [9.17, 15) is 4.79 Å². The average Bonchev–Trinajstić information content (AvgIpc) is 2.92. The Kier molecular flexibility index (Phi) is 3.49. The first kappa shape index (κ1) is 13.2. The van der Waals surface area contributed by atoms with Gasteiger partial charge >= 0.3 is 0 Å². The fourth-order valence-electron chi connectivity index (χ4n) is 2.77. The molecule has 1 heterocycles. The summed E-state index contributed by atoms with van der Waals surface area (Å²) in [5, 5.41) is 5.12.